The van der Waals surface area contributed by atoms with Gasteiger partial charge in [-0.25, -0.2) is 8.42 Å². The van der Waals surface area contributed by atoms with Crippen LogP contribution < -0.4 is 0 Å². The van der Waals surface area contributed by atoms with Crippen molar-refractivity contribution in [1.82, 2.24) is 0 Å². The normalized spacial score (nSPS) is 11.3. The molecule has 0 spiro atoms. The zero-order valence-corrected chi connectivity index (χ0v) is 12.5. The van der Waals surface area contributed by atoms with Crippen molar-refractivity contribution >= 4 is 15.6 Å². The largest absolute Gasteiger partial charge is 0.289 e. The molecule has 0 atom stereocenters. The molecule has 0 amide bonds. The smallest absolute Gasteiger partial charge is 0.193 e. The zero-order chi connectivity index (χ0) is 14.9. The van der Waals surface area contributed by atoms with Crippen molar-refractivity contribution in [2.45, 2.75) is 18.7 Å². The van der Waals surface area contributed by atoms with Gasteiger partial charge in [0.15, 0.2) is 15.6 Å². The number of ketones is 1. The van der Waals surface area contributed by atoms with Crippen molar-refractivity contribution in [3.63, 3.8) is 0 Å². The van der Waals surface area contributed by atoms with Crippen molar-refractivity contribution in [3.05, 3.63) is 64.7 Å². The van der Waals surface area contributed by atoms with Crippen LogP contribution in [-0.2, 0) is 9.84 Å². The number of hydrogen-bond acceptors (Lipinski definition) is 3. The molecular weight excluding hydrogens is 272 g/mol. The molecule has 3 nitrogen and oxygen atoms in total. The topological polar surface area (TPSA) is 51.2 Å². The molecule has 0 aliphatic heterocycles. The molecule has 0 radical (unpaired) electrons. The van der Waals surface area contributed by atoms with E-state index in [0.29, 0.717) is 11.1 Å². The highest BCUT2D eigenvalue weighted by atomic mass is 32.2. The zero-order valence-electron chi connectivity index (χ0n) is 11.7. The first-order valence-corrected chi connectivity index (χ1v) is 8.10. The van der Waals surface area contributed by atoms with E-state index in [0.717, 1.165) is 17.4 Å². The van der Waals surface area contributed by atoms with Gasteiger partial charge in [-0.1, -0.05) is 35.9 Å². The summed E-state index contributed by atoms with van der Waals surface area (Å²) < 4.78 is 23.1. The van der Waals surface area contributed by atoms with E-state index >= 15 is 0 Å². The lowest BCUT2D eigenvalue weighted by molar-refractivity contribution is 0.103. The predicted molar refractivity (Wildman–Crippen MR) is 78.9 cm³/mol. The summed E-state index contributed by atoms with van der Waals surface area (Å²) in [7, 11) is -3.31. The third-order valence-corrected chi connectivity index (χ3v) is 4.26. The molecule has 0 fully saturated rings. The molecule has 4 heteroatoms. The van der Waals surface area contributed by atoms with Crippen LogP contribution in [0.5, 0.6) is 0 Å². The van der Waals surface area contributed by atoms with Crippen LogP contribution in [0, 0.1) is 13.8 Å². The van der Waals surface area contributed by atoms with Crippen LogP contribution >= 0.6 is 0 Å². The van der Waals surface area contributed by atoms with Gasteiger partial charge in [0.1, 0.15) is 0 Å². The lowest BCUT2D eigenvalue weighted by Gasteiger charge is -2.07. The average Bonchev–Trinajstić information content (AvgIpc) is 2.37. The van der Waals surface area contributed by atoms with Crippen LogP contribution in [0.15, 0.2) is 47.4 Å². The third-order valence-electron chi connectivity index (χ3n) is 3.15. The second-order valence-electron chi connectivity index (χ2n) is 4.95. The van der Waals surface area contributed by atoms with Gasteiger partial charge < -0.3 is 0 Å². The Labute approximate surface area is 119 Å². The Morgan fingerprint density at radius 1 is 1.00 bits per heavy atom. The number of benzene rings is 2. The molecule has 20 heavy (non-hydrogen) atoms. The second kappa shape index (κ2) is 5.21. The van der Waals surface area contributed by atoms with Crippen molar-refractivity contribution < 1.29 is 13.2 Å². The molecule has 0 unspecified atom stereocenters. The minimum Gasteiger partial charge on any atom is -0.289 e. The maximum atomic E-state index is 12.5. The molecule has 0 bridgehead atoms. The van der Waals surface area contributed by atoms with Crippen molar-refractivity contribution in [1.29, 1.82) is 0 Å². The minimum atomic E-state index is -3.31. The summed E-state index contributed by atoms with van der Waals surface area (Å²) in [5.41, 5.74) is 2.96. The summed E-state index contributed by atoms with van der Waals surface area (Å²) in [4.78, 5) is 12.6. The highest BCUT2D eigenvalue weighted by Gasteiger charge is 2.14. The Balaban J connectivity index is 2.49. The maximum Gasteiger partial charge on any atom is 0.193 e. The van der Waals surface area contributed by atoms with Gasteiger partial charge in [-0.3, -0.25) is 4.79 Å². The van der Waals surface area contributed by atoms with E-state index in [2.05, 4.69) is 0 Å². The molecule has 0 aliphatic carbocycles. The van der Waals surface area contributed by atoms with Gasteiger partial charge in [-0.2, -0.15) is 0 Å². The Bertz CT molecular complexity index is 774. The van der Waals surface area contributed by atoms with E-state index in [1.807, 2.05) is 26.0 Å². The van der Waals surface area contributed by atoms with Gasteiger partial charge in [0.05, 0.1) is 4.90 Å². The summed E-state index contributed by atoms with van der Waals surface area (Å²) in [5, 5.41) is 0. The highest BCUT2D eigenvalue weighted by Crippen LogP contribution is 2.18. The number of carbonyl (C=O) groups is 1. The van der Waals surface area contributed by atoms with Gasteiger partial charge in [0.25, 0.3) is 0 Å². The quantitative estimate of drug-likeness (QED) is 0.816. The van der Waals surface area contributed by atoms with Gasteiger partial charge >= 0.3 is 0 Å². The van der Waals surface area contributed by atoms with Crippen LogP contribution in [0.4, 0.5) is 0 Å². The van der Waals surface area contributed by atoms with Crippen molar-refractivity contribution in [2.24, 2.45) is 0 Å². The van der Waals surface area contributed by atoms with E-state index in [1.165, 1.54) is 12.1 Å². The lowest BCUT2D eigenvalue weighted by Crippen LogP contribution is -2.06. The molecule has 0 saturated heterocycles. The summed E-state index contributed by atoms with van der Waals surface area (Å²) in [5.74, 6) is -0.159. The molecule has 0 aromatic heterocycles. The van der Waals surface area contributed by atoms with E-state index < -0.39 is 9.84 Å². The van der Waals surface area contributed by atoms with Crippen LogP contribution in [0.25, 0.3) is 0 Å². The molecule has 0 aliphatic rings. The Kier molecular flexibility index (Phi) is 3.77. The van der Waals surface area contributed by atoms with Gasteiger partial charge in [-0.15, -0.1) is 0 Å². The monoisotopic (exact) mass is 288 g/mol. The first kappa shape index (κ1) is 14.5. The third kappa shape index (κ3) is 2.96. The summed E-state index contributed by atoms with van der Waals surface area (Å²) in [6.45, 7) is 3.84. The van der Waals surface area contributed by atoms with Gasteiger partial charge in [-0.05, 0) is 31.5 Å². The van der Waals surface area contributed by atoms with Crippen LogP contribution in [0.1, 0.15) is 27.0 Å². The molecule has 2 aromatic carbocycles. The minimum absolute atomic E-state index is 0.159. The SMILES string of the molecule is Cc1ccc(C(=O)c2cccc(S(C)(=O)=O)c2)c(C)c1. The number of aryl methyl sites for hydroxylation is 2. The number of carbonyl (C=O) groups excluding carboxylic acids is 1. The van der Waals surface area contributed by atoms with E-state index in [4.69, 9.17) is 0 Å². The molecule has 104 valence electrons. The van der Waals surface area contributed by atoms with Crippen molar-refractivity contribution in [3.8, 4) is 0 Å². The van der Waals surface area contributed by atoms with Gasteiger partial charge in [0.2, 0.25) is 0 Å². The van der Waals surface area contributed by atoms with Crippen LogP contribution in [0.3, 0.4) is 0 Å². The molecule has 0 N–H and O–H groups in total. The Hall–Kier alpha value is -1.94. The molecule has 2 aromatic rings. The van der Waals surface area contributed by atoms with Crippen LogP contribution in [-0.4, -0.2) is 20.5 Å². The van der Waals surface area contributed by atoms with Gasteiger partial charge in [0, 0.05) is 17.4 Å². The number of rotatable bonds is 3. The highest BCUT2D eigenvalue weighted by molar-refractivity contribution is 7.90. The maximum absolute atomic E-state index is 12.5. The van der Waals surface area contributed by atoms with E-state index in [1.54, 1.807) is 18.2 Å². The standard InChI is InChI=1S/C16H16O3S/c1-11-7-8-15(12(2)9-11)16(17)13-5-4-6-14(10-13)20(3,18)19/h4-10H,1-3H3. The van der Waals surface area contributed by atoms with E-state index in [-0.39, 0.29) is 10.7 Å². The van der Waals surface area contributed by atoms with E-state index in [9.17, 15) is 13.2 Å². The lowest BCUT2D eigenvalue weighted by atomic mass is 9.98. The molecule has 2 rings (SSSR count). The molecule has 0 heterocycles. The average molecular weight is 288 g/mol. The fraction of sp³-hybridized carbons (Fsp3) is 0.188. The second-order valence-corrected chi connectivity index (χ2v) is 6.96. The first-order valence-electron chi connectivity index (χ1n) is 6.21. The predicted octanol–water partition coefficient (Wildman–Crippen LogP) is 2.94. The summed E-state index contributed by atoms with van der Waals surface area (Å²) in [6, 6.07) is 11.7. The number of sulfone groups is 1. The fourth-order valence-corrected chi connectivity index (χ4v) is 2.76. The van der Waals surface area contributed by atoms with Crippen molar-refractivity contribution in [2.75, 3.05) is 6.26 Å². The van der Waals surface area contributed by atoms with Crippen LogP contribution in [0.2, 0.25) is 0 Å². The molecule has 0 saturated carbocycles. The Morgan fingerprint density at radius 3 is 2.30 bits per heavy atom. The fourth-order valence-electron chi connectivity index (χ4n) is 2.09. The summed E-state index contributed by atoms with van der Waals surface area (Å²) in [6.07, 6.45) is 1.13. The molecular formula is C16H16O3S. The first-order chi connectivity index (χ1) is 9.29. The summed E-state index contributed by atoms with van der Waals surface area (Å²) >= 11 is 0. The number of hydrogen-bond donors (Lipinski definition) is 0. The Morgan fingerprint density at radius 2 is 1.70 bits per heavy atom.